The molecule has 1 heterocycles. The Morgan fingerprint density at radius 3 is 2.78 bits per heavy atom. The number of hydrogen-bond acceptors (Lipinski definition) is 2. The number of hydrogen-bond donors (Lipinski definition) is 1. The van der Waals surface area contributed by atoms with Crippen LogP contribution in [0.2, 0.25) is 5.02 Å². The molecule has 1 aliphatic rings. The number of likely N-dealkylation sites (tertiary alicyclic amines) is 1. The van der Waals surface area contributed by atoms with E-state index in [9.17, 15) is 4.39 Å². The Balaban J connectivity index is 1.75. The van der Waals surface area contributed by atoms with Crippen molar-refractivity contribution in [2.24, 2.45) is 5.92 Å². The van der Waals surface area contributed by atoms with E-state index >= 15 is 0 Å². The van der Waals surface area contributed by atoms with Crippen molar-refractivity contribution in [3.63, 3.8) is 0 Å². The Morgan fingerprint density at radius 2 is 2.11 bits per heavy atom. The van der Waals surface area contributed by atoms with Gasteiger partial charge in [0.2, 0.25) is 0 Å². The number of benzene rings is 1. The SMILES string of the molecule is CN1CCC(CNCc2ccc(F)cc2Cl)CC1. The van der Waals surface area contributed by atoms with E-state index in [-0.39, 0.29) is 5.82 Å². The first-order chi connectivity index (χ1) is 8.65. The Kier molecular flexibility index (Phi) is 4.98. The van der Waals surface area contributed by atoms with Gasteiger partial charge in [-0.3, -0.25) is 0 Å². The van der Waals surface area contributed by atoms with Crippen molar-refractivity contribution in [2.75, 3.05) is 26.7 Å². The third-order valence-corrected chi connectivity index (χ3v) is 3.95. The Bertz CT molecular complexity index is 389. The first-order valence-corrected chi connectivity index (χ1v) is 6.86. The van der Waals surface area contributed by atoms with Crippen LogP contribution in [0.1, 0.15) is 18.4 Å². The third-order valence-electron chi connectivity index (χ3n) is 3.60. The summed E-state index contributed by atoms with van der Waals surface area (Å²) in [4.78, 5) is 2.37. The molecule has 1 saturated heterocycles. The van der Waals surface area contributed by atoms with Gasteiger partial charge in [-0.1, -0.05) is 17.7 Å². The smallest absolute Gasteiger partial charge is 0.124 e. The van der Waals surface area contributed by atoms with Gasteiger partial charge in [-0.2, -0.15) is 0 Å². The van der Waals surface area contributed by atoms with Crippen LogP contribution in [0.3, 0.4) is 0 Å². The van der Waals surface area contributed by atoms with Crippen LogP contribution < -0.4 is 5.32 Å². The number of nitrogens with one attached hydrogen (secondary N) is 1. The quantitative estimate of drug-likeness (QED) is 0.905. The van der Waals surface area contributed by atoms with E-state index in [0.717, 1.165) is 18.0 Å². The molecule has 0 radical (unpaired) electrons. The van der Waals surface area contributed by atoms with Crippen LogP contribution in [0, 0.1) is 11.7 Å². The highest BCUT2D eigenvalue weighted by molar-refractivity contribution is 6.31. The number of halogens is 2. The van der Waals surface area contributed by atoms with Crippen LogP contribution in [-0.2, 0) is 6.54 Å². The minimum Gasteiger partial charge on any atom is -0.312 e. The summed E-state index contributed by atoms with van der Waals surface area (Å²) in [5.41, 5.74) is 0.964. The van der Waals surface area contributed by atoms with Crippen molar-refractivity contribution in [1.82, 2.24) is 10.2 Å². The summed E-state index contributed by atoms with van der Waals surface area (Å²) in [6.07, 6.45) is 2.50. The molecule has 0 bridgehead atoms. The first-order valence-electron chi connectivity index (χ1n) is 6.48. The van der Waals surface area contributed by atoms with Gasteiger partial charge in [0.25, 0.3) is 0 Å². The van der Waals surface area contributed by atoms with Gasteiger partial charge in [0, 0.05) is 11.6 Å². The van der Waals surface area contributed by atoms with Gasteiger partial charge in [-0.05, 0) is 63.1 Å². The van der Waals surface area contributed by atoms with Crippen molar-refractivity contribution < 1.29 is 4.39 Å². The molecule has 0 aromatic heterocycles. The summed E-state index contributed by atoms with van der Waals surface area (Å²) in [6.45, 7) is 4.10. The molecule has 1 aliphatic heterocycles. The lowest BCUT2D eigenvalue weighted by Gasteiger charge is -2.29. The zero-order valence-corrected chi connectivity index (χ0v) is 11.5. The molecule has 4 heteroatoms. The summed E-state index contributed by atoms with van der Waals surface area (Å²) in [5, 5.41) is 3.93. The van der Waals surface area contributed by atoms with Crippen LogP contribution in [0.4, 0.5) is 4.39 Å². The lowest BCUT2D eigenvalue weighted by Crippen LogP contribution is -2.34. The van der Waals surface area contributed by atoms with Gasteiger partial charge < -0.3 is 10.2 Å². The van der Waals surface area contributed by atoms with Gasteiger partial charge in [0.1, 0.15) is 5.82 Å². The molecule has 18 heavy (non-hydrogen) atoms. The number of piperidine rings is 1. The molecule has 100 valence electrons. The van der Waals surface area contributed by atoms with Crippen LogP contribution in [-0.4, -0.2) is 31.6 Å². The molecule has 0 unspecified atom stereocenters. The molecule has 0 spiro atoms. The molecule has 0 saturated carbocycles. The number of rotatable bonds is 4. The van der Waals surface area contributed by atoms with E-state index in [1.165, 1.54) is 38.1 Å². The first kappa shape index (κ1) is 13.8. The highest BCUT2D eigenvalue weighted by Gasteiger charge is 2.16. The molecule has 1 aromatic carbocycles. The topological polar surface area (TPSA) is 15.3 Å². The van der Waals surface area contributed by atoms with Crippen molar-refractivity contribution in [2.45, 2.75) is 19.4 Å². The molecule has 2 nitrogen and oxygen atoms in total. The molecule has 1 fully saturated rings. The highest BCUT2D eigenvalue weighted by atomic mass is 35.5. The van der Waals surface area contributed by atoms with Crippen LogP contribution in [0.25, 0.3) is 0 Å². The fourth-order valence-corrected chi connectivity index (χ4v) is 2.58. The number of nitrogens with zero attached hydrogens (tertiary/aromatic N) is 1. The van der Waals surface area contributed by atoms with E-state index in [1.807, 2.05) is 0 Å². The lowest BCUT2D eigenvalue weighted by molar-refractivity contribution is 0.216. The normalized spacial score (nSPS) is 18.2. The van der Waals surface area contributed by atoms with Crippen molar-refractivity contribution >= 4 is 11.6 Å². The Labute approximate surface area is 113 Å². The molecule has 2 rings (SSSR count). The molecule has 1 aromatic rings. The van der Waals surface area contributed by atoms with Crippen molar-refractivity contribution in [3.8, 4) is 0 Å². The van der Waals surface area contributed by atoms with E-state index in [1.54, 1.807) is 6.07 Å². The van der Waals surface area contributed by atoms with Crippen molar-refractivity contribution in [1.29, 1.82) is 0 Å². The maximum atomic E-state index is 12.9. The molecule has 0 aliphatic carbocycles. The van der Waals surface area contributed by atoms with E-state index in [2.05, 4.69) is 17.3 Å². The minimum absolute atomic E-state index is 0.279. The van der Waals surface area contributed by atoms with Gasteiger partial charge in [-0.15, -0.1) is 0 Å². The van der Waals surface area contributed by atoms with Crippen LogP contribution in [0.5, 0.6) is 0 Å². The van der Waals surface area contributed by atoms with Gasteiger partial charge in [0.05, 0.1) is 0 Å². The van der Waals surface area contributed by atoms with Gasteiger partial charge in [0.15, 0.2) is 0 Å². The summed E-state index contributed by atoms with van der Waals surface area (Å²) in [6, 6.07) is 4.58. The van der Waals surface area contributed by atoms with Crippen LogP contribution in [0.15, 0.2) is 18.2 Å². The Morgan fingerprint density at radius 1 is 1.39 bits per heavy atom. The predicted molar refractivity (Wildman–Crippen MR) is 73.3 cm³/mol. The van der Waals surface area contributed by atoms with Crippen LogP contribution >= 0.6 is 11.6 Å². The second kappa shape index (κ2) is 6.50. The summed E-state index contributed by atoms with van der Waals surface area (Å²) >= 11 is 5.98. The highest BCUT2D eigenvalue weighted by Crippen LogP contribution is 2.18. The largest absolute Gasteiger partial charge is 0.312 e. The molecular weight excluding hydrogens is 251 g/mol. The second-order valence-corrected chi connectivity index (χ2v) is 5.52. The zero-order valence-electron chi connectivity index (χ0n) is 10.8. The molecule has 0 atom stereocenters. The fourth-order valence-electron chi connectivity index (χ4n) is 2.34. The van der Waals surface area contributed by atoms with E-state index in [4.69, 9.17) is 11.6 Å². The average molecular weight is 271 g/mol. The minimum atomic E-state index is -0.279. The fraction of sp³-hybridized carbons (Fsp3) is 0.571. The summed E-state index contributed by atoms with van der Waals surface area (Å²) in [7, 11) is 2.17. The maximum absolute atomic E-state index is 12.9. The lowest BCUT2D eigenvalue weighted by atomic mass is 9.97. The third kappa shape index (κ3) is 3.94. The Hall–Kier alpha value is -0.640. The monoisotopic (exact) mass is 270 g/mol. The standard InChI is InChI=1S/C14H20ClFN2/c1-18-6-4-11(5-7-18)9-17-10-12-2-3-13(16)8-14(12)15/h2-3,8,11,17H,4-7,9-10H2,1H3. The summed E-state index contributed by atoms with van der Waals surface area (Å²) in [5.74, 6) is 0.472. The molecule has 0 amide bonds. The van der Waals surface area contributed by atoms with E-state index < -0.39 is 0 Å². The van der Waals surface area contributed by atoms with Crippen molar-refractivity contribution in [3.05, 3.63) is 34.6 Å². The maximum Gasteiger partial charge on any atom is 0.124 e. The summed E-state index contributed by atoms with van der Waals surface area (Å²) < 4.78 is 12.9. The predicted octanol–water partition coefficient (Wildman–Crippen LogP) is 2.91. The average Bonchev–Trinajstić information content (AvgIpc) is 2.34. The molecule has 1 N–H and O–H groups in total. The van der Waals surface area contributed by atoms with E-state index in [0.29, 0.717) is 11.6 Å². The second-order valence-electron chi connectivity index (χ2n) is 5.11. The molecular formula is C14H20ClFN2. The zero-order chi connectivity index (χ0) is 13.0. The van der Waals surface area contributed by atoms with Gasteiger partial charge >= 0.3 is 0 Å². The van der Waals surface area contributed by atoms with Gasteiger partial charge in [-0.25, -0.2) is 4.39 Å².